The second-order valence-electron chi connectivity index (χ2n) is 8.10. The van der Waals surface area contributed by atoms with E-state index < -0.39 is 16.1 Å². The molecule has 1 aliphatic heterocycles. The molecule has 0 amide bonds. The summed E-state index contributed by atoms with van der Waals surface area (Å²) < 4.78 is 6.49. The van der Waals surface area contributed by atoms with Gasteiger partial charge < -0.3 is 4.74 Å². The molecule has 0 fully saturated rings. The lowest BCUT2D eigenvalue weighted by Gasteiger charge is -2.43. The van der Waals surface area contributed by atoms with Gasteiger partial charge in [0, 0.05) is 41.9 Å². The quantitative estimate of drug-likeness (QED) is 0.264. The molecule has 34 heavy (non-hydrogen) atoms. The van der Waals surface area contributed by atoms with Gasteiger partial charge in [-0.3, -0.25) is 25.1 Å². The first kappa shape index (κ1) is 21.5. The van der Waals surface area contributed by atoms with Crippen molar-refractivity contribution >= 4 is 22.1 Å². The summed E-state index contributed by atoms with van der Waals surface area (Å²) in [6.07, 6.45) is -0.486. The van der Waals surface area contributed by atoms with E-state index in [-0.39, 0.29) is 17.4 Å². The zero-order chi connectivity index (χ0) is 23.8. The van der Waals surface area contributed by atoms with E-state index in [0.29, 0.717) is 6.54 Å². The molecule has 0 aromatic heterocycles. The molecule has 0 saturated heterocycles. The minimum absolute atomic E-state index is 0.0147. The highest BCUT2D eigenvalue weighted by molar-refractivity contribution is 5.89. The highest BCUT2D eigenvalue weighted by Gasteiger charge is 2.38. The molecular formula is C26H21N3O5. The first-order chi connectivity index (χ1) is 16.5. The van der Waals surface area contributed by atoms with Crippen LogP contribution in [0.2, 0.25) is 0 Å². The lowest BCUT2D eigenvalue weighted by Crippen LogP contribution is -2.40. The van der Waals surface area contributed by atoms with Gasteiger partial charge in [-0.2, -0.15) is 0 Å². The average molecular weight is 455 g/mol. The molecule has 0 bridgehead atoms. The third-order valence-electron chi connectivity index (χ3n) is 6.25. The normalized spacial score (nSPS) is 17.7. The molecule has 0 N–H and O–H groups in total. The number of nitro benzene ring substituents is 2. The van der Waals surface area contributed by atoms with Crippen LogP contribution in [0.3, 0.4) is 0 Å². The van der Waals surface area contributed by atoms with Crippen LogP contribution in [0.25, 0.3) is 10.8 Å². The van der Waals surface area contributed by atoms with Gasteiger partial charge in [0.15, 0.2) is 6.23 Å². The minimum atomic E-state index is -0.486. The van der Waals surface area contributed by atoms with Crippen LogP contribution in [0, 0.1) is 20.2 Å². The standard InChI is InChI=1S/C26H21N3O5/c1-2-27-25(18-7-12-20(13-8-18)28(30)31)24-22-6-4-3-5-17(22)11-16-23(24)34-26(27)19-9-14-21(15-10-19)29(32)33/h3-16,25-26H,2H2,1H3. The molecule has 4 aromatic rings. The maximum absolute atomic E-state index is 11.2. The summed E-state index contributed by atoms with van der Waals surface area (Å²) in [5, 5.41) is 24.5. The van der Waals surface area contributed by atoms with Crippen LogP contribution in [0.15, 0.2) is 84.9 Å². The predicted molar refractivity (Wildman–Crippen MR) is 128 cm³/mol. The molecule has 170 valence electrons. The Labute approximate surface area is 195 Å². The zero-order valence-electron chi connectivity index (χ0n) is 18.3. The molecule has 0 radical (unpaired) electrons. The first-order valence-corrected chi connectivity index (χ1v) is 10.9. The number of benzene rings is 4. The molecule has 4 aromatic carbocycles. The van der Waals surface area contributed by atoms with E-state index >= 15 is 0 Å². The fourth-order valence-electron chi connectivity index (χ4n) is 4.65. The van der Waals surface area contributed by atoms with Crippen LogP contribution >= 0.6 is 0 Å². The van der Waals surface area contributed by atoms with Gasteiger partial charge in [-0.1, -0.05) is 49.4 Å². The zero-order valence-corrected chi connectivity index (χ0v) is 18.3. The van der Waals surface area contributed by atoms with E-state index in [4.69, 9.17) is 4.74 Å². The van der Waals surface area contributed by atoms with E-state index in [2.05, 4.69) is 11.0 Å². The summed E-state index contributed by atoms with van der Waals surface area (Å²) in [5.74, 6) is 0.718. The summed E-state index contributed by atoms with van der Waals surface area (Å²) in [6, 6.07) is 24.8. The van der Waals surface area contributed by atoms with Crippen LogP contribution in [0.4, 0.5) is 11.4 Å². The van der Waals surface area contributed by atoms with Gasteiger partial charge in [-0.15, -0.1) is 0 Å². The van der Waals surface area contributed by atoms with Crippen molar-refractivity contribution in [2.45, 2.75) is 19.2 Å². The van der Waals surface area contributed by atoms with Crippen LogP contribution < -0.4 is 4.74 Å². The van der Waals surface area contributed by atoms with E-state index in [0.717, 1.165) is 33.2 Å². The van der Waals surface area contributed by atoms with Crippen molar-refractivity contribution in [1.82, 2.24) is 4.90 Å². The van der Waals surface area contributed by atoms with Crippen molar-refractivity contribution < 1.29 is 14.6 Å². The lowest BCUT2D eigenvalue weighted by molar-refractivity contribution is -0.385. The molecule has 1 aliphatic rings. The molecule has 0 saturated carbocycles. The van der Waals surface area contributed by atoms with Gasteiger partial charge in [0.1, 0.15) is 5.75 Å². The van der Waals surface area contributed by atoms with Crippen LogP contribution in [-0.4, -0.2) is 21.3 Å². The topological polar surface area (TPSA) is 98.8 Å². The van der Waals surface area contributed by atoms with Crippen molar-refractivity contribution in [2.75, 3.05) is 6.54 Å². The maximum atomic E-state index is 11.2. The van der Waals surface area contributed by atoms with E-state index in [9.17, 15) is 20.2 Å². The van der Waals surface area contributed by atoms with Crippen molar-refractivity contribution in [3.8, 4) is 5.75 Å². The summed E-state index contributed by atoms with van der Waals surface area (Å²) >= 11 is 0. The lowest BCUT2D eigenvalue weighted by atomic mass is 9.89. The average Bonchev–Trinajstić information content (AvgIpc) is 2.87. The smallest absolute Gasteiger partial charge is 0.269 e. The summed E-state index contributed by atoms with van der Waals surface area (Å²) in [4.78, 5) is 23.7. The van der Waals surface area contributed by atoms with Gasteiger partial charge in [0.05, 0.1) is 15.9 Å². The number of non-ortho nitro benzene ring substituents is 2. The SMILES string of the molecule is CCN1C(c2ccc([N+](=O)[O-])cc2)Oc2ccc3ccccc3c2C1c1ccc([N+](=O)[O-])cc1. The number of ether oxygens (including phenoxy) is 1. The Hall–Kier alpha value is -4.30. The number of hydrogen-bond donors (Lipinski definition) is 0. The second-order valence-corrected chi connectivity index (χ2v) is 8.10. The first-order valence-electron chi connectivity index (χ1n) is 10.9. The Morgan fingerprint density at radius 3 is 1.97 bits per heavy atom. The maximum Gasteiger partial charge on any atom is 0.269 e. The Bertz CT molecular complexity index is 1390. The summed E-state index contributed by atoms with van der Waals surface area (Å²) in [7, 11) is 0. The van der Waals surface area contributed by atoms with Crippen LogP contribution in [0.1, 0.15) is 35.9 Å². The molecule has 8 nitrogen and oxygen atoms in total. The molecule has 2 atom stereocenters. The Balaban J connectivity index is 1.69. The van der Waals surface area contributed by atoms with E-state index in [1.807, 2.05) is 37.3 Å². The van der Waals surface area contributed by atoms with Crippen LogP contribution in [-0.2, 0) is 0 Å². The molecule has 1 heterocycles. The third kappa shape index (κ3) is 3.64. The van der Waals surface area contributed by atoms with Gasteiger partial charge in [-0.25, -0.2) is 0 Å². The molecular weight excluding hydrogens is 434 g/mol. The molecule has 5 rings (SSSR count). The fourth-order valence-corrected chi connectivity index (χ4v) is 4.65. The Morgan fingerprint density at radius 2 is 1.38 bits per heavy atom. The van der Waals surface area contributed by atoms with Gasteiger partial charge >= 0.3 is 0 Å². The minimum Gasteiger partial charge on any atom is -0.470 e. The monoisotopic (exact) mass is 455 g/mol. The molecule has 0 spiro atoms. The summed E-state index contributed by atoms with van der Waals surface area (Å²) in [5.41, 5.74) is 2.73. The van der Waals surface area contributed by atoms with Crippen molar-refractivity contribution in [1.29, 1.82) is 0 Å². The third-order valence-corrected chi connectivity index (χ3v) is 6.25. The Kier molecular flexibility index (Phi) is 5.43. The molecule has 2 unspecified atom stereocenters. The number of nitrogens with zero attached hydrogens (tertiary/aromatic N) is 3. The molecule has 8 heteroatoms. The highest BCUT2D eigenvalue weighted by Crippen LogP contribution is 2.48. The van der Waals surface area contributed by atoms with E-state index in [1.165, 1.54) is 24.3 Å². The second kappa shape index (κ2) is 8.57. The number of nitro groups is 2. The van der Waals surface area contributed by atoms with E-state index in [1.54, 1.807) is 24.3 Å². The summed E-state index contributed by atoms with van der Waals surface area (Å²) in [6.45, 7) is 2.64. The number of hydrogen-bond acceptors (Lipinski definition) is 6. The molecule has 0 aliphatic carbocycles. The Morgan fingerprint density at radius 1 is 0.794 bits per heavy atom. The van der Waals surface area contributed by atoms with Crippen molar-refractivity contribution in [2.24, 2.45) is 0 Å². The fraction of sp³-hybridized carbons (Fsp3) is 0.154. The van der Waals surface area contributed by atoms with Gasteiger partial charge in [-0.05, 0) is 34.5 Å². The van der Waals surface area contributed by atoms with Gasteiger partial charge in [0.25, 0.3) is 11.4 Å². The highest BCUT2D eigenvalue weighted by atomic mass is 16.6. The van der Waals surface area contributed by atoms with Gasteiger partial charge in [0.2, 0.25) is 0 Å². The van der Waals surface area contributed by atoms with Crippen LogP contribution in [0.5, 0.6) is 5.75 Å². The van der Waals surface area contributed by atoms with Crippen molar-refractivity contribution in [3.05, 3.63) is 122 Å². The predicted octanol–water partition coefficient (Wildman–Crippen LogP) is 6.16. The largest absolute Gasteiger partial charge is 0.470 e. The number of rotatable bonds is 5. The number of fused-ring (bicyclic) bond motifs is 3. The van der Waals surface area contributed by atoms with Crippen molar-refractivity contribution in [3.63, 3.8) is 0 Å².